The number of para-hydroxylation sites is 1. The van der Waals surface area contributed by atoms with Crippen LogP contribution >= 0.6 is 0 Å². The molecule has 0 radical (unpaired) electrons. The Morgan fingerprint density at radius 2 is 1.57 bits per heavy atom. The molecule has 3 aromatic rings. The van der Waals surface area contributed by atoms with E-state index in [2.05, 4.69) is 30.9 Å². The number of carbonyl (C=O) groups is 5. The number of hydrogen-bond acceptors (Lipinski definition) is 7. The minimum absolute atomic E-state index is 0.0104. The van der Waals surface area contributed by atoms with Gasteiger partial charge in [0.1, 0.15) is 18.1 Å². The maximum atomic E-state index is 13.6. The van der Waals surface area contributed by atoms with Gasteiger partial charge in [-0.1, -0.05) is 32.0 Å². The molecule has 3 amide bonds. The molecule has 0 spiro atoms. The van der Waals surface area contributed by atoms with E-state index >= 15 is 0 Å². The summed E-state index contributed by atoms with van der Waals surface area (Å²) in [6, 6.07) is 2.22. The van der Waals surface area contributed by atoms with Gasteiger partial charge in [0.2, 0.25) is 17.7 Å². The molecular weight excluding hydrogens is 522 g/mol. The second kappa shape index (κ2) is 13.4. The molecule has 0 aliphatic rings. The molecule has 0 aliphatic heterocycles. The molecule has 0 aliphatic carbocycles. The molecule has 40 heavy (non-hydrogen) atoms. The number of nitrogens with one attached hydrogen (secondary N) is 5. The Bertz CT molecular complexity index is 1350. The predicted octanol–water partition coefficient (Wildman–Crippen LogP) is -0.327. The number of nitrogens with two attached hydrogens (primary N) is 1. The van der Waals surface area contributed by atoms with Crippen molar-refractivity contribution < 1.29 is 34.2 Å². The maximum Gasteiger partial charge on any atom is 0.326 e. The van der Waals surface area contributed by atoms with Crippen LogP contribution in [0.4, 0.5) is 0 Å². The summed E-state index contributed by atoms with van der Waals surface area (Å²) in [5.74, 6) is -5.31. The van der Waals surface area contributed by atoms with Crippen LogP contribution in [0, 0.1) is 5.92 Å². The second-order valence-electron chi connectivity index (χ2n) is 9.74. The zero-order chi connectivity index (χ0) is 29.4. The number of fused-ring (bicyclic) bond motifs is 1. The van der Waals surface area contributed by atoms with Gasteiger partial charge in [0.25, 0.3) is 0 Å². The van der Waals surface area contributed by atoms with Gasteiger partial charge in [-0.25, -0.2) is 9.78 Å². The molecule has 14 heteroatoms. The first-order chi connectivity index (χ1) is 19.0. The molecule has 14 nitrogen and oxygen atoms in total. The number of aromatic nitrogens is 3. The first-order valence-corrected chi connectivity index (χ1v) is 12.6. The fourth-order valence-electron chi connectivity index (χ4n) is 4.15. The van der Waals surface area contributed by atoms with Crippen molar-refractivity contribution >= 4 is 40.6 Å². The third kappa shape index (κ3) is 7.89. The van der Waals surface area contributed by atoms with Gasteiger partial charge >= 0.3 is 11.9 Å². The minimum Gasteiger partial charge on any atom is -0.481 e. The summed E-state index contributed by atoms with van der Waals surface area (Å²) in [5, 5.41) is 26.9. The summed E-state index contributed by atoms with van der Waals surface area (Å²) >= 11 is 0. The van der Waals surface area contributed by atoms with E-state index in [4.69, 9.17) is 10.8 Å². The zero-order valence-corrected chi connectivity index (χ0v) is 22.0. The Labute approximate surface area is 229 Å². The average molecular weight is 556 g/mol. The lowest BCUT2D eigenvalue weighted by Crippen LogP contribution is -2.58. The van der Waals surface area contributed by atoms with Crippen molar-refractivity contribution in [2.75, 3.05) is 0 Å². The molecule has 2 aromatic heterocycles. The number of carboxylic acid groups (broad SMARTS) is 2. The normalized spacial score (nSPS) is 14.2. The Hall–Kier alpha value is -4.72. The van der Waals surface area contributed by atoms with E-state index in [-0.39, 0.29) is 12.8 Å². The summed E-state index contributed by atoms with van der Waals surface area (Å²) in [6.07, 6.45) is 3.83. The standard InChI is InChI=1S/C26H33N7O7/c1-13(2)22(26(39)40)33-25(38)20(8-15-11-28-12-30-15)32-24(37)19(31-23(36)17(27)9-21(34)35)7-14-10-29-18-6-4-3-5-16(14)18/h3-6,10-13,17,19-20,22,29H,7-9,27H2,1-2H3,(H,28,30)(H,31,36)(H,32,37)(H,33,38)(H,34,35)(H,39,40). The van der Waals surface area contributed by atoms with E-state index in [0.717, 1.165) is 10.9 Å². The van der Waals surface area contributed by atoms with Crippen LogP contribution in [0.25, 0.3) is 10.9 Å². The smallest absolute Gasteiger partial charge is 0.326 e. The van der Waals surface area contributed by atoms with Crippen molar-refractivity contribution in [2.45, 2.75) is 57.3 Å². The number of amides is 3. The molecule has 0 saturated heterocycles. The first kappa shape index (κ1) is 29.8. The quantitative estimate of drug-likeness (QED) is 0.130. The fourth-order valence-corrected chi connectivity index (χ4v) is 4.15. The number of nitrogens with zero attached hydrogens (tertiary/aromatic N) is 1. The van der Waals surface area contributed by atoms with E-state index in [1.54, 1.807) is 20.0 Å². The first-order valence-electron chi connectivity index (χ1n) is 12.6. The van der Waals surface area contributed by atoms with E-state index in [1.165, 1.54) is 12.5 Å². The summed E-state index contributed by atoms with van der Waals surface area (Å²) in [6.45, 7) is 3.27. The van der Waals surface area contributed by atoms with Gasteiger partial charge in [0.05, 0.1) is 18.8 Å². The van der Waals surface area contributed by atoms with E-state index in [9.17, 15) is 29.1 Å². The third-order valence-electron chi connectivity index (χ3n) is 6.31. The third-order valence-corrected chi connectivity index (χ3v) is 6.31. The predicted molar refractivity (Wildman–Crippen MR) is 143 cm³/mol. The van der Waals surface area contributed by atoms with Crippen molar-refractivity contribution in [3.63, 3.8) is 0 Å². The van der Waals surface area contributed by atoms with E-state index in [0.29, 0.717) is 11.3 Å². The van der Waals surface area contributed by atoms with Crippen molar-refractivity contribution in [2.24, 2.45) is 11.7 Å². The Morgan fingerprint density at radius 3 is 2.20 bits per heavy atom. The van der Waals surface area contributed by atoms with Crippen molar-refractivity contribution in [1.82, 2.24) is 30.9 Å². The zero-order valence-electron chi connectivity index (χ0n) is 22.0. The molecule has 0 saturated carbocycles. The summed E-state index contributed by atoms with van der Waals surface area (Å²) in [4.78, 5) is 72.0. The molecule has 9 N–H and O–H groups in total. The lowest BCUT2D eigenvalue weighted by Gasteiger charge is -2.26. The van der Waals surface area contributed by atoms with Crippen LogP contribution in [0.3, 0.4) is 0 Å². The van der Waals surface area contributed by atoms with Crippen LogP contribution in [0.5, 0.6) is 0 Å². The van der Waals surface area contributed by atoms with Gasteiger partial charge in [0, 0.05) is 41.8 Å². The summed E-state index contributed by atoms with van der Waals surface area (Å²) in [5.41, 5.74) is 7.70. The fraction of sp³-hybridized carbons (Fsp3) is 0.385. The van der Waals surface area contributed by atoms with Crippen LogP contribution in [-0.4, -0.2) is 79.0 Å². The van der Waals surface area contributed by atoms with Crippen molar-refractivity contribution in [1.29, 1.82) is 0 Å². The van der Waals surface area contributed by atoms with Gasteiger partial charge in [-0.05, 0) is 17.5 Å². The number of H-pyrrole nitrogens is 2. The lowest BCUT2D eigenvalue weighted by molar-refractivity contribution is -0.143. The van der Waals surface area contributed by atoms with Gasteiger partial charge in [-0.3, -0.25) is 19.2 Å². The van der Waals surface area contributed by atoms with Crippen molar-refractivity contribution in [3.8, 4) is 0 Å². The highest BCUT2D eigenvalue weighted by molar-refractivity contribution is 5.95. The van der Waals surface area contributed by atoms with Crippen LogP contribution in [0.2, 0.25) is 0 Å². The lowest BCUT2D eigenvalue weighted by atomic mass is 10.0. The number of aliphatic carboxylic acids is 2. The summed E-state index contributed by atoms with van der Waals surface area (Å²) < 4.78 is 0. The van der Waals surface area contributed by atoms with Gasteiger partial charge in [0.15, 0.2) is 0 Å². The van der Waals surface area contributed by atoms with Gasteiger partial charge < -0.3 is 41.9 Å². The molecule has 4 unspecified atom stereocenters. The van der Waals surface area contributed by atoms with Gasteiger partial charge in [-0.2, -0.15) is 0 Å². The number of benzene rings is 1. The Morgan fingerprint density at radius 1 is 0.925 bits per heavy atom. The number of carboxylic acids is 2. The highest BCUT2D eigenvalue weighted by Gasteiger charge is 2.32. The topological polar surface area (TPSA) is 232 Å². The van der Waals surface area contributed by atoms with Crippen LogP contribution in [0.1, 0.15) is 31.5 Å². The molecule has 214 valence electrons. The highest BCUT2D eigenvalue weighted by Crippen LogP contribution is 2.19. The van der Waals surface area contributed by atoms with Crippen molar-refractivity contribution in [3.05, 3.63) is 54.2 Å². The van der Waals surface area contributed by atoms with E-state index < -0.39 is 66.2 Å². The maximum absolute atomic E-state index is 13.6. The van der Waals surface area contributed by atoms with E-state index in [1.807, 2.05) is 24.3 Å². The molecular formula is C26H33N7O7. The molecule has 0 fully saturated rings. The monoisotopic (exact) mass is 555 g/mol. The molecule has 0 bridgehead atoms. The number of rotatable bonds is 14. The van der Waals surface area contributed by atoms with Gasteiger partial charge in [-0.15, -0.1) is 0 Å². The molecule has 1 aromatic carbocycles. The summed E-state index contributed by atoms with van der Waals surface area (Å²) in [7, 11) is 0. The number of hydrogen-bond donors (Lipinski definition) is 8. The average Bonchev–Trinajstić information content (AvgIpc) is 3.55. The highest BCUT2D eigenvalue weighted by atomic mass is 16.4. The minimum atomic E-state index is -1.41. The molecule has 2 heterocycles. The molecule has 3 rings (SSSR count). The second-order valence-corrected chi connectivity index (χ2v) is 9.74. The molecule has 4 atom stereocenters. The van der Waals surface area contributed by atoms with Crippen LogP contribution in [0.15, 0.2) is 43.0 Å². The van der Waals surface area contributed by atoms with Crippen LogP contribution in [-0.2, 0) is 36.8 Å². The number of aromatic amines is 2. The number of carbonyl (C=O) groups excluding carboxylic acids is 3. The largest absolute Gasteiger partial charge is 0.481 e. The Kier molecular flexibility index (Phi) is 9.97. The SMILES string of the molecule is CC(C)C(NC(=O)C(Cc1cnc[nH]1)NC(=O)C(Cc1c[nH]c2ccccc12)NC(=O)C(N)CC(=O)O)C(=O)O. The van der Waals surface area contributed by atoms with Crippen LogP contribution < -0.4 is 21.7 Å². The Balaban J connectivity index is 1.88. The number of imidazole rings is 1.